The first-order valence-electron chi connectivity index (χ1n) is 4.23. The quantitative estimate of drug-likeness (QED) is 0.618. The van der Waals surface area contributed by atoms with Crippen LogP contribution in [-0.2, 0) is 0 Å². The van der Waals surface area contributed by atoms with Crippen LogP contribution in [0.5, 0.6) is 0 Å². The summed E-state index contributed by atoms with van der Waals surface area (Å²) in [5.41, 5.74) is 0. The molecule has 0 aliphatic rings. The van der Waals surface area contributed by atoms with Crippen LogP contribution in [0.2, 0.25) is 0 Å². The van der Waals surface area contributed by atoms with Crippen LogP contribution in [0.4, 0.5) is 0 Å². The predicted octanol–water partition coefficient (Wildman–Crippen LogP) is 0.580. The zero-order chi connectivity index (χ0) is 10.2. The molecule has 0 nitrogen and oxygen atoms in total. The van der Waals surface area contributed by atoms with Gasteiger partial charge in [-0.3, -0.25) is 0 Å². The van der Waals surface area contributed by atoms with E-state index in [4.69, 9.17) is 0 Å². The van der Waals surface area contributed by atoms with Gasteiger partial charge in [0.1, 0.15) is 0 Å². The monoisotopic (exact) mass is 338 g/mol. The molecular weight excluding hydrogens is 326 g/mol. The molecule has 2 aromatic rings. The van der Waals surface area contributed by atoms with Gasteiger partial charge in [-0.2, -0.15) is 0 Å². The molecule has 72 valence electrons. The van der Waals surface area contributed by atoms with Gasteiger partial charge in [0.25, 0.3) is 0 Å². The zero-order valence-electron chi connectivity index (χ0n) is 8.30. The van der Waals surface area contributed by atoms with Gasteiger partial charge in [0.2, 0.25) is 0 Å². The maximum absolute atomic E-state index is 2.90. The normalized spacial score (nSPS) is 8.00. The van der Waals surface area contributed by atoms with E-state index in [0.717, 1.165) is 0 Å². The van der Waals surface area contributed by atoms with Gasteiger partial charge in [-0.15, -0.1) is 0 Å². The summed E-state index contributed by atoms with van der Waals surface area (Å²) in [6.45, 7) is 0. The van der Waals surface area contributed by atoms with Crippen LogP contribution in [-0.4, -0.2) is 55.1 Å². The summed E-state index contributed by atoms with van der Waals surface area (Å²) in [4.78, 5) is 0. The van der Waals surface area contributed by atoms with E-state index in [9.17, 15) is 0 Å². The Labute approximate surface area is 124 Å². The molecule has 0 bridgehead atoms. The minimum absolute atomic E-state index is 0. The van der Waals surface area contributed by atoms with E-state index in [0.29, 0.717) is 0 Å². The molecule has 15 heavy (non-hydrogen) atoms. The molecule has 0 heterocycles. The third-order valence-electron chi connectivity index (χ3n) is 1.49. The first kappa shape index (κ1) is 15.2. The SMILES string of the molecule is [Mg+2].[Se-]c1ccccc1.[Se-]c1ccccc1. The van der Waals surface area contributed by atoms with E-state index in [1.807, 2.05) is 60.7 Å². The summed E-state index contributed by atoms with van der Waals surface area (Å²) in [7, 11) is 0. The van der Waals surface area contributed by atoms with Crippen molar-refractivity contribution in [2.45, 2.75) is 0 Å². The van der Waals surface area contributed by atoms with E-state index in [-0.39, 0.29) is 23.1 Å². The second-order valence-electron chi connectivity index (χ2n) is 2.63. The van der Waals surface area contributed by atoms with Crippen molar-refractivity contribution in [3.8, 4) is 0 Å². The molecule has 0 spiro atoms. The number of hydrogen-bond acceptors (Lipinski definition) is 0. The summed E-state index contributed by atoms with van der Waals surface area (Å²) in [6.07, 6.45) is 0. The van der Waals surface area contributed by atoms with Gasteiger partial charge >= 0.3 is 125 Å². The van der Waals surface area contributed by atoms with Gasteiger partial charge in [-0.05, 0) is 0 Å². The molecule has 0 aromatic heterocycles. The summed E-state index contributed by atoms with van der Waals surface area (Å²) < 4.78 is 2.39. The Morgan fingerprint density at radius 2 is 0.800 bits per heavy atom. The second-order valence-corrected chi connectivity index (χ2v) is 4.60. The Morgan fingerprint density at radius 3 is 0.933 bits per heavy atom. The zero-order valence-corrected chi connectivity index (χ0v) is 13.1. The molecule has 0 atom stereocenters. The molecule has 0 saturated heterocycles. The van der Waals surface area contributed by atoms with Gasteiger partial charge in [0, 0.05) is 0 Å². The summed E-state index contributed by atoms with van der Waals surface area (Å²) in [5, 5.41) is 0. The minimum atomic E-state index is 0. The average molecular weight is 336 g/mol. The van der Waals surface area contributed by atoms with Crippen LogP contribution in [0.15, 0.2) is 60.7 Å². The molecule has 0 unspecified atom stereocenters. The first-order chi connectivity index (χ1) is 6.79. The van der Waals surface area contributed by atoms with Crippen LogP contribution in [0.25, 0.3) is 0 Å². The van der Waals surface area contributed by atoms with Gasteiger partial charge in [-0.1, -0.05) is 0 Å². The first-order valence-corrected chi connectivity index (χ1v) is 5.94. The maximum atomic E-state index is 2.90. The standard InChI is InChI=1S/2C6H6Se.Mg/c2*7-6-4-2-1-3-5-6;/h2*1-5,7H;/q;;+2/p-2. The van der Waals surface area contributed by atoms with E-state index >= 15 is 0 Å². The van der Waals surface area contributed by atoms with E-state index in [1.54, 1.807) is 0 Å². The van der Waals surface area contributed by atoms with Crippen molar-refractivity contribution >= 4 is 64.0 Å². The van der Waals surface area contributed by atoms with Crippen molar-refractivity contribution in [3.05, 3.63) is 60.7 Å². The number of hydrogen-bond donors (Lipinski definition) is 0. The Bertz CT molecular complexity index is 311. The van der Waals surface area contributed by atoms with Crippen LogP contribution >= 0.6 is 0 Å². The summed E-state index contributed by atoms with van der Waals surface area (Å²) >= 11 is 5.80. The molecule has 0 aliphatic carbocycles. The fraction of sp³-hybridized carbons (Fsp3) is 0. The molecule has 0 N–H and O–H groups in total. The number of rotatable bonds is 0. The molecule has 2 rings (SSSR count). The fourth-order valence-corrected chi connectivity index (χ4v) is 1.50. The van der Waals surface area contributed by atoms with E-state index in [2.05, 4.69) is 32.0 Å². The predicted molar refractivity (Wildman–Crippen MR) is 69.4 cm³/mol. The Morgan fingerprint density at radius 1 is 0.533 bits per heavy atom. The number of benzene rings is 2. The van der Waals surface area contributed by atoms with Gasteiger partial charge in [0.15, 0.2) is 0 Å². The van der Waals surface area contributed by atoms with Gasteiger partial charge in [-0.25, -0.2) is 0 Å². The molecule has 0 aliphatic heterocycles. The van der Waals surface area contributed by atoms with Crippen molar-refractivity contribution in [1.82, 2.24) is 0 Å². The molecule has 0 fully saturated rings. The molecule has 0 radical (unpaired) electrons. The summed E-state index contributed by atoms with van der Waals surface area (Å²) in [6, 6.07) is 20.1. The van der Waals surface area contributed by atoms with Crippen molar-refractivity contribution in [1.29, 1.82) is 0 Å². The third kappa shape index (κ3) is 8.09. The summed E-state index contributed by atoms with van der Waals surface area (Å²) in [5.74, 6) is 0. The molecule has 3 heteroatoms. The van der Waals surface area contributed by atoms with Crippen molar-refractivity contribution in [2.75, 3.05) is 0 Å². The molecule has 0 saturated carbocycles. The molecule has 2 aromatic carbocycles. The molecular formula is C12H10MgSe2. The Kier molecular flexibility index (Phi) is 9.62. The van der Waals surface area contributed by atoms with E-state index in [1.165, 1.54) is 8.92 Å². The van der Waals surface area contributed by atoms with Crippen LogP contribution in [0.3, 0.4) is 0 Å². The second kappa shape index (κ2) is 9.47. The fourth-order valence-electron chi connectivity index (χ4n) is 0.841. The van der Waals surface area contributed by atoms with E-state index < -0.39 is 0 Å². The van der Waals surface area contributed by atoms with Crippen LogP contribution in [0, 0.1) is 0 Å². The van der Waals surface area contributed by atoms with Crippen molar-refractivity contribution in [3.63, 3.8) is 0 Å². The van der Waals surface area contributed by atoms with Gasteiger partial charge < -0.3 is 0 Å². The van der Waals surface area contributed by atoms with Crippen LogP contribution < -0.4 is 8.92 Å². The van der Waals surface area contributed by atoms with Crippen LogP contribution in [0.1, 0.15) is 0 Å². The van der Waals surface area contributed by atoms with Crippen molar-refractivity contribution < 1.29 is 0 Å². The average Bonchev–Trinajstić information content (AvgIpc) is 2.21. The topological polar surface area (TPSA) is 0 Å². The van der Waals surface area contributed by atoms with Crippen molar-refractivity contribution in [2.24, 2.45) is 0 Å². The Balaban J connectivity index is 0.000000245. The molecule has 0 amide bonds. The van der Waals surface area contributed by atoms with Gasteiger partial charge in [0.05, 0.1) is 0 Å². The third-order valence-corrected chi connectivity index (χ3v) is 2.63. The Hall–Kier alpha value is 0.245.